The highest BCUT2D eigenvalue weighted by Crippen LogP contribution is 2.46. The van der Waals surface area contributed by atoms with Crippen LogP contribution in [0.3, 0.4) is 0 Å². The molecule has 0 bridgehead atoms. The third-order valence-corrected chi connectivity index (χ3v) is 3.56. The predicted octanol–water partition coefficient (Wildman–Crippen LogP) is 0.798. The van der Waals surface area contributed by atoms with Gasteiger partial charge in [0.1, 0.15) is 0 Å². The van der Waals surface area contributed by atoms with Gasteiger partial charge < -0.3 is 10.2 Å². The number of rotatable bonds is 1. The summed E-state index contributed by atoms with van der Waals surface area (Å²) in [6.45, 7) is 2.33. The maximum Gasteiger partial charge on any atom is 0.0574 e. The van der Waals surface area contributed by atoms with Gasteiger partial charge in [0.2, 0.25) is 0 Å². The second-order valence-electron chi connectivity index (χ2n) is 4.13. The number of aliphatic hydroxyl groups excluding tert-OH is 2. The zero-order chi connectivity index (χ0) is 8.72. The normalized spacial score (nSPS) is 51.4. The summed E-state index contributed by atoms with van der Waals surface area (Å²) in [5, 5.41) is 18.7. The van der Waals surface area contributed by atoms with E-state index in [0.717, 1.165) is 6.42 Å². The first kappa shape index (κ1) is 8.27. The molecule has 2 N–H and O–H groups in total. The van der Waals surface area contributed by atoms with Crippen LogP contribution in [-0.2, 0) is 0 Å². The minimum Gasteiger partial charge on any atom is -0.396 e. The number of allylic oxidation sites excluding steroid dienone is 1. The van der Waals surface area contributed by atoms with E-state index in [4.69, 9.17) is 5.11 Å². The molecular weight excluding hydrogens is 152 g/mol. The summed E-state index contributed by atoms with van der Waals surface area (Å²) < 4.78 is 0. The fraction of sp³-hybridized carbons (Fsp3) is 0.800. The Hall–Kier alpha value is -0.340. The van der Waals surface area contributed by atoms with Gasteiger partial charge >= 0.3 is 0 Å². The molecule has 1 saturated carbocycles. The van der Waals surface area contributed by atoms with Crippen molar-refractivity contribution in [2.24, 2.45) is 23.7 Å². The Morgan fingerprint density at radius 2 is 2.17 bits per heavy atom. The molecule has 12 heavy (non-hydrogen) atoms. The quantitative estimate of drug-likeness (QED) is 0.568. The van der Waals surface area contributed by atoms with E-state index in [9.17, 15) is 5.11 Å². The number of aliphatic hydroxyl groups is 2. The van der Waals surface area contributed by atoms with Gasteiger partial charge in [0.25, 0.3) is 0 Å². The Labute approximate surface area is 72.9 Å². The van der Waals surface area contributed by atoms with Crippen molar-refractivity contribution in [2.45, 2.75) is 19.4 Å². The van der Waals surface area contributed by atoms with Crippen molar-refractivity contribution in [1.29, 1.82) is 0 Å². The van der Waals surface area contributed by atoms with E-state index in [1.54, 1.807) is 0 Å². The first-order chi connectivity index (χ1) is 5.74. The molecule has 2 heteroatoms. The summed E-state index contributed by atoms with van der Waals surface area (Å²) in [5.74, 6) is 1.69. The summed E-state index contributed by atoms with van der Waals surface area (Å²) >= 11 is 0. The average molecular weight is 168 g/mol. The maximum atomic E-state index is 9.60. The topological polar surface area (TPSA) is 40.5 Å². The summed E-state index contributed by atoms with van der Waals surface area (Å²) in [6.07, 6.45) is 4.99. The molecule has 0 amide bonds. The molecule has 0 spiro atoms. The highest BCUT2D eigenvalue weighted by Gasteiger charge is 2.43. The molecule has 2 aliphatic carbocycles. The largest absolute Gasteiger partial charge is 0.396 e. The molecule has 0 aromatic rings. The van der Waals surface area contributed by atoms with E-state index < -0.39 is 0 Å². The first-order valence-corrected chi connectivity index (χ1v) is 4.71. The highest BCUT2D eigenvalue weighted by atomic mass is 16.3. The van der Waals surface area contributed by atoms with Crippen LogP contribution in [0.2, 0.25) is 0 Å². The Kier molecular flexibility index (Phi) is 1.97. The van der Waals surface area contributed by atoms with Gasteiger partial charge in [-0.15, -0.1) is 0 Å². The van der Waals surface area contributed by atoms with Crippen molar-refractivity contribution in [3.05, 3.63) is 12.2 Å². The first-order valence-electron chi connectivity index (χ1n) is 4.71. The summed E-state index contributed by atoms with van der Waals surface area (Å²) in [7, 11) is 0. The Balaban J connectivity index is 2.13. The number of fused-ring (bicyclic) bond motifs is 1. The SMILES string of the molecule is C[C@H]1[C@H]2C=CC(CO)[C@H]2C[C@H]1O. The molecule has 2 rings (SSSR count). The maximum absolute atomic E-state index is 9.60. The Morgan fingerprint density at radius 3 is 2.83 bits per heavy atom. The molecule has 1 unspecified atom stereocenters. The van der Waals surface area contributed by atoms with Gasteiger partial charge in [-0.3, -0.25) is 0 Å². The Bertz CT molecular complexity index is 200. The van der Waals surface area contributed by atoms with E-state index >= 15 is 0 Å². The smallest absolute Gasteiger partial charge is 0.0574 e. The van der Waals surface area contributed by atoms with Crippen molar-refractivity contribution in [3.63, 3.8) is 0 Å². The molecule has 5 atom stereocenters. The van der Waals surface area contributed by atoms with E-state index in [-0.39, 0.29) is 12.7 Å². The van der Waals surface area contributed by atoms with Gasteiger partial charge in [0, 0.05) is 12.5 Å². The third kappa shape index (κ3) is 1.02. The van der Waals surface area contributed by atoms with E-state index in [2.05, 4.69) is 19.1 Å². The van der Waals surface area contributed by atoms with E-state index in [1.807, 2.05) is 0 Å². The molecule has 0 aliphatic heterocycles. The minimum atomic E-state index is -0.154. The fourth-order valence-electron chi connectivity index (χ4n) is 2.69. The van der Waals surface area contributed by atoms with Crippen LogP contribution < -0.4 is 0 Å². The Morgan fingerprint density at radius 1 is 1.42 bits per heavy atom. The number of hydrogen-bond acceptors (Lipinski definition) is 2. The lowest BCUT2D eigenvalue weighted by atomic mass is 9.89. The van der Waals surface area contributed by atoms with Gasteiger partial charge in [-0.05, 0) is 24.2 Å². The standard InChI is InChI=1S/C10H16O2/c1-6-8-3-2-7(5-11)9(8)4-10(6)12/h2-3,6-12H,4-5H2,1H3/t6-,7?,8+,9+,10+/m0/s1. The van der Waals surface area contributed by atoms with Gasteiger partial charge in [-0.1, -0.05) is 19.1 Å². The summed E-state index contributed by atoms with van der Waals surface area (Å²) in [6, 6.07) is 0. The summed E-state index contributed by atoms with van der Waals surface area (Å²) in [5.41, 5.74) is 0. The predicted molar refractivity (Wildman–Crippen MR) is 46.5 cm³/mol. The van der Waals surface area contributed by atoms with Crippen LogP contribution in [-0.4, -0.2) is 22.9 Å². The molecule has 0 aromatic heterocycles. The van der Waals surface area contributed by atoms with Crippen LogP contribution in [0, 0.1) is 23.7 Å². The van der Waals surface area contributed by atoms with Crippen molar-refractivity contribution in [2.75, 3.05) is 6.61 Å². The van der Waals surface area contributed by atoms with Gasteiger partial charge in [-0.2, -0.15) is 0 Å². The molecule has 1 fully saturated rings. The molecule has 0 radical (unpaired) electrons. The minimum absolute atomic E-state index is 0.154. The second-order valence-corrected chi connectivity index (χ2v) is 4.13. The van der Waals surface area contributed by atoms with Crippen molar-refractivity contribution in [3.8, 4) is 0 Å². The lowest BCUT2D eigenvalue weighted by molar-refractivity contribution is 0.130. The van der Waals surface area contributed by atoms with Crippen LogP contribution in [0.5, 0.6) is 0 Å². The van der Waals surface area contributed by atoms with Crippen molar-refractivity contribution in [1.82, 2.24) is 0 Å². The van der Waals surface area contributed by atoms with Gasteiger partial charge in [0.05, 0.1) is 6.10 Å². The molecule has 0 saturated heterocycles. The third-order valence-electron chi connectivity index (χ3n) is 3.56. The van der Waals surface area contributed by atoms with Gasteiger partial charge in [0.15, 0.2) is 0 Å². The average Bonchev–Trinajstić information content (AvgIpc) is 2.55. The number of hydrogen-bond donors (Lipinski definition) is 2. The molecule has 68 valence electrons. The van der Waals surface area contributed by atoms with Crippen LogP contribution in [0.15, 0.2) is 12.2 Å². The van der Waals surface area contributed by atoms with Crippen LogP contribution >= 0.6 is 0 Å². The van der Waals surface area contributed by atoms with Crippen LogP contribution in [0.4, 0.5) is 0 Å². The monoisotopic (exact) mass is 168 g/mol. The molecule has 0 heterocycles. The highest BCUT2D eigenvalue weighted by molar-refractivity contribution is 5.12. The summed E-state index contributed by atoms with van der Waals surface area (Å²) in [4.78, 5) is 0. The van der Waals surface area contributed by atoms with Crippen molar-refractivity contribution >= 4 is 0 Å². The zero-order valence-corrected chi connectivity index (χ0v) is 7.35. The molecule has 2 aliphatic rings. The zero-order valence-electron chi connectivity index (χ0n) is 7.35. The van der Waals surface area contributed by atoms with Crippen LogP contribution in [0.25, 0.3) is 0 Å². The molecule has 2 nitrogen and oxygen atoms in total. The fourth-order valence-corrected chi connectivity index (χ4v) is 2.69. The molecular formula is C10H16O2. The van der Waals surface area contributed by atoms with E-state index in [0.29, 0.717) is 23.7 Å². The van der Waals surface area contributed by atoms with Crippen molar-refractivity contribution < 1.29 is 10.2 Å². The van der Waals surface area contributed by atoms with Gasteiger partial charge in [-0.25, -0.2) is 0 Å². The second kappa shape index (κ2) is 2.86. The molecule has 0 aromatic carbocycles. The van der Waals surface area contributed by atoms with E-state index in [1.165, 1.54) is 0 Å². The van der Waals surface area contributed by atoms with Crippen LogP contribution in [0.1, 0.15) is 13.3 Å². The lowest BCUT2D eigenvalue weighted by Crippen LogP contribution is -2.15. The lowest BCUT2D eigenvalue weighted by Gasteiger charge is -2.16.